The molecule has 21 heavy (non-hydrogen) atoms. The van der Waals surface area contributed by atoms with E-state index in [-0.39, 0.29) is 5.41 Å². The highest BCUT2D eigenvalue weighted by Crippen LogP contribution is 2.23. The van der Waals surface area contributed by atoms with Crippen molar-refractivity contribution in [2.45, 2.75) is 70.6 Å². The minimum Gasteiger partial charge on any atom is -0.303 e. The Bertz CT molecular complexity index is 424. The van der Waals surface area contributed by atoms with E-state index in [2.05, 4.69) is 63.0 Å². The van der Waals surface area contributed by atoms with Gasteiger partial charge in [0, 0.05) is 5.67 Å². The van der Waals surface area contributed by atoms with Crippen LogP contribution in [0.3, 0.4) is 0 Å². The van der Waals surface area contributed by atoms with Crippen molar-refractivity contribution in [3.8, 4) is 0 Å². The van der Waals surface area contributed by atoms with E-state index in [0.717, 1.165) is 5.67 Å². The molecule has 0 saturated carbocycles. The van der Waals surface area contributed by atoms with E-state index < -0.39 is 8.80 Å². The fourth-order valence-corrected chi connectivity index (χ4v) is 5.30. The Morgan fingerprint density at radius 3 is 2.05 bits per heavy atom. The second-order valence-corrected chi connectivity index (χ2v) is 11.3. The predicted octanol–water partition coefficient (Wildman–Crippen LogP) is 4.41. The lowest BCUT2D eigenvalue weighted by Crippen LogP contribution is -2.47. The van der Waals surface area contributed by atoms with Gasteiger partial charge in [0.1, 0.15) is 0 Å². The quantitative estimate of drug-likeness (QED) is 0.745. The van der Waals surface area contributed by atoms with Gasteiger partial charge in [-0.2, -0.15) is 0 Å². The van der Waals surface area contributed by atoms with Crippen molar-refractivity contribution in [2.75, 3.05) is 13.1 Å². The highest BCUT2D eigenvalue weighted by Gasteiger charge is 2.24. The number of likely N-dealkylation sites (tertiary alicyclic amines) is 1. The molecule has 1 nitrogen and oxygen atoms in total. The fraction of sp³-hybridized carbons (Fsp3) is 0.684. The van der Waals surface area contributed by atoms with Gasteiger partial charge in [-0.05, 0) is 48.9 Å². The maximum atomic E-state index is 2.79. The average Bonchev–Trinajstić information content (AvgIpc) is 2.45. The molecule has 0 aromatic heterocycles. The number of nitrogens with zero attached hydrogens (tertiary/aromatic N) is 1. The minimum atomic E-state index is -0.648. The van der Waals surface area contributed by atoms with Crippen LogP contribution in [0.5, 0.6) is 0 Å². The number of benzene rings is 1. The van der Waals surface area contributed by atoms with E-state index >= 15 is 0 Å². The Balaban J connectivity index is 2.06. The molecule has 1 atom stereocenters. The number of piperidine rings is 1. The topological polar surface area (TPSA) is 3.24 Å². The van der Waals surface area contributed by atoms with E-state index in [1.807, 2.05) is 0 Å². The molecule has 1 aromatic rings. The third-order valence-corrected chi connectivity index (χ3v) is 7.09. The summed E-state index contributed by atoms with van der Waals surface area (Å²) in [5, 5.41) is 0. The molecule has 1 heterocycles. The van der Waals surface area contributed by atoms with Crippen LogP contribution in [0.25, 0.3) is 0 Å². The van der Waals surface area contributed by atoms with E-state index in [1.54, 1.807) is 0 Å². The summed E-state index contributed by atoms with van der Waals surface area (Å²) in [4.78, 5) is 2.79. The van der Waals surface area contributed by atoms with E-state index in [4.69, 9.17) is 0 Å². The Labute approximate surface area is 133 Å². The maximum absolute atomic E-state index is 2.79. The third-order valence-electron chi connectivity index (χ3n) is 4.89. The molecule has 2 heteroatoms. The van der Waals surface area contributed by atoms with Gasteiger partial charge >= 0.3 is 0 Å². The van der Waals surface area contributed by atoms with Gasteiger partial charge in [-0.1, -0.05) is 64.6 Å². The van der Waals surface area contributed by atoms with Crippen molar-refractivity contribution in [1.29, 1.82) is 0 Å². The van der Waals surface area contributed by atoms with Crippen LogP contribution >= 0.6 is 0 Å². The molecule has 0 aliphatic carbocycles. The molecule has 118 valence electrons. The summed E-state index contributed by atoms with van der Waals surface area (Å²) >= 11 is 0. The molecule has 1 aromatic carbocycles. The van der Waals surface area contributed by atoms with Gasteiger partial charge in [0.15, 0.2) is 0 Å². The first kappa shape index (κ1) is 16.8. The van der Waals surface area contributed by atoms with Crippen LogP contribution in [0.2, 0.25) is 13.1 Å². The lowest BCUT2D eigenvalue weighted by molar-refractivity contribution is 0.204. The highest BCUT2D eigenvalue weighted by atomic mass is 28.3. The van der Waals surface area contributed by atoms with Crippen molar-refractivity contribution < 1.29 is 0 Å². The van der Waals surface area contributed by atoms with Gasteiger partial charge in [0.25, 0.3) is 0 Å². The summed E-state index contributed by atoms with van der Waals surface area (Å²) in [6, 6.07) is 9.41. The summed E-state index contributed by atoms with van der Waals surface area (Å²) in [5.41, 5.74) is 4.07. The Kier molecular flexibility index (Phi) is 5.67. The molecule has 1 unspecified atom stereocenters. The Morgan fingerprint density at radius 1 is 1.00 bits per heavy atom. The van der Waals surface area contributed by atoms with Crippen molar-refractivity contribution in [1.82, 2.24) is 4.90 Å². The second-order valence-electron chi connectivity index (χ2n) is 8.06. The molecular weight excluding hydrogens is 270 g/mol. The van der Waals surface area contributed by atoms with Crippen molar-refractivity contribution in [3.05, 3.63) is 35.4 Å². The summed E-state index contributed by atoms with van der Waals surface area (Å²) in [5.74, 6) is 0. The molecule has 2 rings (SSSR count). The molecule has 1 saturated heterocycles. The smallest absolute Gasteiger partial charge is 0.0513 e. The second kappa shape index (κ2) is 7.10. The third kappa shape index (κ3) is 4.69. The van der Waals surface area contributed by atoms with Crippen molar-refractivity contribution in [2.24, 2.45) is 0 Å². The van der Waals surface area contributed by atoms with Gasteiger partial charge in [-0.15, -0.1) is 0 Å². The normalized spacial score (nSPS) is 19.0. The van der Waals surface area contributed by atoms with Crippen LogP contribution in [0.1, 0.15) is 51.2 Å². The Hall–Kier alpha value is -0.603. The fourth-order valence-electron chi connectivity index (χ4n) is 3.42. The maximum Gasteiger partial charge on any atom is 0.0513 e. The van der Waals surface area contributed by atoms with Crippen LogP contribution in [-0.4, -0.2) is 32.5 Å². The first-order chi connectivity index (χ1) is 9.88. The highest BCUT2D eigenvalue weighted by molar-refractivity contribution is 6.57. The summed E-state index contributed by atoms with van der Waals surface area (Å²) in [7, 11) is -0.648. The molecule has 0 bridgehead atoms. The number of hydrogen-bond acceptors (Lipinski definition) is 1. The van der Waals surface area contributed by atoms with Crippen LogP contribution in [0.15, 0.2) is 24.3 Å². The number of rotatable bonds is 4. The summed E-state index contributed by atoms with van der Waals surface area (Å²) in [6.45, 7) is 14.6. The van der Waals surface area contributed by atoms with E-state index in [1.165, 1.54) is 49.9 Å². The summed E-state index contributed by atoms with van der Waals surface area (Å²) < 4.78 is 0. The first-order valence-corrected chi connectivity index (χ1v) is 11.7. The molecule has 0 N–H and O–H groups in total. The van der Waals surface area contributed by atoms with E-state index in [0.29, 0.717) is 0 Å². The molecular formula is C19H33NSi. The van der Waals surface area contributed by atoms with Gasteiger partial charge in [-0.25, -0.2) is 0 Å². The van der Waals surface area contributed by atoms with Crippen molar-refractivity contribution in [3.63, 3.8) is 0 Å². The average molecular weight is 304 g/mol. The first-order valence-electron chi connectivity index (χ1n) is 8.71. The lowest BCUT2D eigenvalue weighted by Gasteiger charge is -2.37. The predicted molar refractivity (Wildman–Crippen MR) is 96.9 cm³/mol. The molecule has 0 amide bonds. The molecule has 0 spiro atoms. The van der Waals surface area contributed by atoms with Crippen LogP contribution in [0, 0.1) is 0 Å². The zero-order chi connectivity index (χ0) is 15.5. The lowest BCUT2D eigenvalue weighted by atomic mass is 9.86. The van der Waals surface area contributed by atoms with Gasteiger partial charge in [0.2, 0.25) is 0 Å². The monoisotopic (exact) mass is 303 g/mol. The van der Waals surface area contributed by atoms with Crippen LogP contribution in [0.4, 0.5) is 0 Å². The largest absolute Gasteiger partial charge is 0.303 e. The van der Waals surface area contributed by atoms with Crippen LogP contribution < -0.4 is 0 Å². The van der Waals surface area contributed by atoms with Crippen molar-refractivity contribution >= 4 is 8.80 Å². The van der Waals surface area contributed by atoms with E-state index in [9.17, 15) is 0 Å². The molecule has 1 aliphatic heterocycles. The number of hydrogen-bond donors (Lipinski definition) is 0. The SMILES string of the molecule is C[SiH](C)C(Cc1ccc(C(C)(C)C)cc1)N1CCCCC1. The van der Waals surface area contributed by atoms with Crippen LogP contribution in [-0.2, 0) is 11.8 Å². The Morgan fingerprint density at radius 2 is 1.57 bits per heavy atom. The van der Waals surface area contributed by atoms with Gasteiger partial charge in [0.05, 0.1) is 8.80 Å². The molecule has 1 aliphatic rings. The standard InChI is InChI=1S/C19H33NSi/c1-19(2,3)17-11-9-16(10-12-17)15-18(21(4)5)20-13-7-6-8-14-20/h9-12,18,21H,6-8,13-15H2,1-5H3. The van der Waals surface area contributed by atoms with Gasteiger partial charge < -0.3 is 4.90 Å². The molecule has 0 radical (unpaired) electrons. The zero-order valence-corrected chi connectivity index (χ0v) is 15.8. The minimum absolute atomic E-state index is 0.262. The summed E-state index contributed by atoms with van der Waals surface area (Å²) in [6.07, 6.45) is 5.50. The van der Waals surface area contributed by atoms with Gasteiger partial charge in [-0.3, -0.25) is 0 Å². The molecule has 1 fully saturated rings. The zero-order valence-electron chi connectivity index (χ0n) is 14.7.